The van der Waals surface area contributed by atoms with Crippen molar-refractivity contribution < 1.29 is 8.83 Å². The zero-order chi connectivity index (χ0) is 75.4. The number of aromatic nitrogens is 6. The third-order valence-corrected chi connectivity index (χ3v) is 22.7. The molecular formula is C105H68N6O2S. The fourth-order valence-electron chi connectivity index (χ4n) is 16.3. The molecule has 0 aliphatic carbocycles. The quantitative estimate of drug-likeness (QED) is 0.129. The molecule has 0 saturated carbocycles. The summed E-state index contributed by atoms with van der Waals surface area (Å²) < 4.78 is 20.3. The van der Waals surface area contributed by atoms with E-state index in [0.29, 0.717) is 0 Å². The molecule has 17 aromatic carbocycles. The topological polar surface area (TPSA) is 79.7 Å². The SMILES string of the molecule is c1ccc(-c2oc3c(ccc4cc(-c5ccc(-c6nc7ccccc7n6-c6ccccc6)cc5)ccc43)c2-c2ccccc2)cc1.c1ccc(-n2c(-c3ccc(-c4ccc5c(ccc6occc65)c4)cc3)nc3ccccc32)cc1.c1ccc(-n2c(-c3ccc(-c4ccc5c(ccc6sccc65)c4)cc3)nc3ccccc32)cc1. The minimum atomic E-state index is 0.899. The molecule has 0 fully saturated rings. The van der Waals surface area contributed by atoms with Crippen LogP contribution in [0.25, 0.3) is 204 Å². The van der Waals surface area contributed by atoms with Gasteiger partial charge in [-0.1, -0.05) is 273 Å². The van der Waals surface area contributed by atoms with E-state index in [1.54, 1.807) is 17.6 Å². The molecule has 0 aliphatic heterocycles. The van der Waals surface area contributed by atoms with Gasteiger partial charge in [0.25, 0.3) is 0 Å². The molecule has 0 atom stereocenters. The number of rotatable bonds is 11. The summed E-state index contributed by atoms with van der Waals surface area (Å²) in [7, 11) is 0. The van der Waals surface area contributed by atoms with Gasteiger partial charge in [0.05, 0.1) is 39.4 Å². The lowest BCUT2D eigenvalue weighted by atomic mass is 9.96. The minimum Gasteiger partial charge on any atom is -0.464 e. The first-order valence-corrected chi connectivity index (χ1v) is 39.2. The van der Waals surface area contributed by atoms with Crippen LogP contribution in [0, 0.1) is 0 Å². The Hall–Kier alpha value is -15.0. The van der Waals surface area contributed by atoms with Crippen LogP contribution in [0.5, 0.6) is 0 Å². The van der Waals surface area contributed by atoms with Gasteiger partial charge in [0.1, 0.15) is 34.4 Å². The van der Waals surface area contributed by atoms with Crippen LogP contribution in [-0.4, -0.2) is 28.7 Å². The predicted molar refractivity (Wildman–Crippen MR) is 474 cm³/mol. The lowest BCUT2D eigenvalue weighted by molar-refractivity contribution is 0.616. The number of fused-ring (bicyclic) bond motifs is 12. The van der Waals surface area contributed by atoms with E-state index in [2.05, 4.69) is 365 Å². The second-order valence-corrected chi connectivity index (χ2v) is 29.5. The highest BCUT2D eigenvalue weighted by Gasteiger charge is 2.22. The van der Waals surface area contributed by atoms with Crippen LogP contribution >= 0.6 is 11.3 Å². The summed E-state index contributed by atoms with van der Waals surface area (Å²) in [6.45, 7) is 0. The van der Waals surface area contributed by atoms with E-state index >= 15 is 0 Å². The van der Waals surface area contributed by atoms with Crippen molar-refractivity contribution in [3.63, 3.8) is 0 Å². The van der Waals surface area contributed by atoms with Gasteiger partial charge < -0.3 is 8.83 Å². The van der Waals surface area contributed by atoms with E-state index in [1.165, 1.54) is 53.9 Å². The maximum Gasteiger partial charge on any atom is 0.145 e. The van der Waals surface area contributed by atoms with Crippen molar-refractivity contribution in [1.82, 2.24) is 28.7 Å². The van der Waals surface area contributed by atoms with E-state index in [0.717, 1.165) is 151 Å². The second-order valence-electron chi connectivity index (χ2n) is 28.6. The molecular weight excluding hydrogens is 1410 g/mol. The first-order chi connectivity index (χ1) is 56.5. The van der Waals surface area contributed by atoms with Crippen molar-refractivity contribution in [2.75, 3.05) is 0 Å². The number of benzene rings is 17. The molecule has 0 amide bonds. The molecule has 9 heteroatoms. The third-order valence-electron chi connectivity index (χ3n) is 21.8. The van der Waals surface area contributed by atoms with Gasteiger partial charge in [-0.05, 0) is 199 Å². The van der Waals surface area contributed by atoms with Gasteiger partial charge in [0, 0.05) is 71.1 Å². The van der Waals surface area contributed by atoms with Crippen LogP contribution in [0.15, 0.2) is 421 Å². The van der Waals surface area contributed by atoms with Crippen molar-refractivity contribution in [3.05, 3.63) is 412 Å². The number of para-hydroxylation sites is 9. The zero-order valence-electron chi connectivity index (χ0n) is 61.7. The molecule has 536 valence electrons. The summed E-state index contributed by atoms with van der Waals surface area (Å²) >= 11 is 1.80. The maximum absolute atomic E-state index is 6.73. The Morgan fingerprint density at radius 3 is 1.07 bits per heavy atom. The molecule has 6 heterocycles. The highest BCUT2D eigenvalue weighted by Crippen LogP contribution is 2.45. The third kappa shape index (κ3) is 12.3. The number of hydrogen-bond donors (Lipinski definition) is 0. The van der Waals surface area contributed by atoms with Gasteiger partial charge in [0.15, 0.2) is 0 Å². The number of imidazole rings is 3. The largest absolute Gasteiger partial charge is 0.464 e. The molecule has 0 spiro atoms. The van der Waals surface area contributed by atoms with Gasteiger partial charge in [-0.3, -0.25) is 13.7 Å². The van der Waals surface area contributed by atoms with Crippen molar-refractivity contribution in [3.8, 4) is 107 Å². The average molecular weight is 1480 g/mol. The van der Waals surface area contributed by atoms with Crippen LogP contribution in [0.3, 0.4) is 0 Å². The summed E-state index contributed by atoms with van der Waals surface area (Å²) in [6.07, 6.45) is 1.75. The first-order valence-electron chi connectivity index (χ1n) is 38.3. The fraction of sp³-hybridized carbons (Fsp3) is 0. The lowest BCUT2D eigenvalue weighted by Gasteiger charge is -2.10. The van der Waals surface area contributed by atoms with E-state index in [1.807, 2.05) is 54.6 Å². The summed E-state index contributed by atoms with van der Waals surface area (Å²) in [5.74, 6) is 3.73. The molecule has 23 rings (SSSR count). The van der Waals surface area contributed by atoms with E-state index in [9.17, 15) is 0 Å². The molecule has 0 N–H and O–H groups in total. The normalized spacial score (nSPS) is 11.5. The summed E-state index contributed by atoms with van der Waals surface area (Å²) in [5.41, 5.74) is 25.2. The Balaban J connectivity index is 0.000000109. The van der Waals surface area contributed by atoms with Gasteiger partial charge in [-0.2, -0.15) is 0 Å². The van der Waals surface area contributed by atoms with Crippen molar-refractivity contribution in [2.45, 2.75) is 0 Å². The van der Waals surface area contributed by atoms with E-state index in [-0.39, 0.29) is 0 Å². The number of nitrogens with zero attached hydrogens (tertiary/aromatic N) is 6. The van der Waals surface area contributed by atoms with Crippen molar-refractivity contribution in [1.29, 1.82) is 0 Å². The van der Waals surface area contributed by atoms with Crippen LogP contribution < -0.4 is 0 Å². The molecule has 0 aliphatic rings. The lowest BCUT2D eigenvalue weighted by Crippen LogP contribution is -1.97. The highest BCUT2D eigenvalue weighted by molar-refractivity contribution is 7.17. The molecule has 6 aromatic heterocycles. The smallest absolute Gasteiger partial charge is 0.145 e. The predicted octanol–water partition coefficient (Wildman–Crippen LogP) is 28.6. The number of hydrogen-bond acceptors (Lipinski definition) is 6. The Morgan fingerprint density at radius 1 is 0.246 bits per heavy atom. The van der Waals surface area contributed by atoms with Gasteiger partial charge in [0.2, 0.25) is 0 Å². The summed E-state index contributed by atoms with van der Waals surface area (Å²) in [5, 5.41) is 13.0. The minimum absolute atomic E-state index is 0.899. The first kappa shape index (κ1) is 67.1. The van der Waals surface area contributed by atoms with E-state index in [4.69, 9.17) is 23.8 Å². The van der Waals surface area contributed by atoms with Gasteiger partial charge >= 0.3 is 0 Å². The van der Waals surface area contributed by atoms with Gasteiger partial charge in [-0.25, -0.2) is 15.0 Å². The summed E-state index contributed by atoms with van der Waals surface area (Å²) in [6, 6.07) is 141. The van der Waals surface area contributed by atoms with Crippen LogP contribution in [0.4, 0.5) is 0 Å². The second kappa shape index (κ2) is 28.8. The van der Waals surface area contributed by atoms with Crippen molar-refractivity contribution in [2.24, 2.45) is 0 Å². The van der Waals surface area contributed by atoms with Crippen LogP contribution in [0.1, 0.15) is 0 Å². The van der Waals surface area contributed by atoms with E-state index < -0.39 is 0 Å². The number of furan rings is 2. The Labute approximate surface area is 660 Å². The number of thiophene rings is 1. The maximum atomic E-state index is 6.73. The molecule has 0 radical (unpaired) electrons. The molecule has 23 aromatic rings. The molecule has 0 bridgehead atoms. The molecule has 0 unspecified atom stereocenters. The Kier molecular flexibility index (Phi) is 16.9. The van der Waals surface area contributed by atoms with Crippen LogP contribution in [0.2, 0.25) is 0 Å². The Bertz CT molecular complexity index is 7220. The average Bonchev–Trinajstić information content (AvgIpc) is 1.57. The Morgan fingerprint density at radius 2 is 0.605 bits per heavy atom. The molecule has 0 saturated heterocycles. The zero-order valence-corrected chi connectivity index (χ0v) is 62.5. The molecule has 8 nitrogen and oxygen atoms in total. The monoisotopic (exact) mass is 1480 g/mol. The van der Waals surface area contributed by atoms with Crippen molar-refractivity contribution >= 4 is 109 Å². The fourth-order valence-corrected chi connectivity index (χ4v) is 17.1. The van der Waals surface area contributed by atoms with Crippen LogP contribution in [-0.2, 0) is 0 Å². The molecule has 114 heavy (non-hydrogen) atoms. The standard InChI is InChI=1S/C43H28N2O.C31H20N2O.C31H20N2S/c1-4-12-30(13-5-1)40-37-27-25-34-28-33(24-26-36(34)42(37)46-41(40)31-14-6-2-7-15-31)29-20-22-32(23-21-29)43-44-38-18-10-11-19-39(38)45(43)35-16-8-3-9-17-35;2*1-2-6-25(7-3-1)33-29-9-5-4-8-28(29)32-31(33)22-12-10-21(11-13-22)23-14-16-26-24(20-23)15-17-30-27(26)18-19-34-30/h1-28H;2*1-20H. The summed E-state index contributed by atoms with van der Waals surface area (Å²) in [4.78, 5) is 15.0. The highest BCUT2D eigenvalue weighted by atomic mass is 32.1. The van der Waals surface area contributed by atoms with Gasteiger partial charge in [-0.15, -0.1) is 11.3 Å².